The Morgan fingerprint density at radius 1 is 1.28 bits per heavy atom. The van der Waals surface area contributed by atoms with Crippen molar-refractivity contribution in [3.63, 3.8) is 0 Å². The van der Waals surface area contributed by atoms with Gasteiger partial charge in [0, 0.05) is 24.2 Å². The first-order chi connectivity index (χ1) is 8.75. The zero-order valence-corrected chi connectivity index (χ0v) is 10.9. The molecule has 1 fully saturated rings. The maximum absolute atomic E-state index is 5.41. The molecule has 0 atom stereocenters. The first kappa shape index (κ1) is 11.5. The first-order valence-electron chi connectivity index (χ1n) is 6.55. The number of anilines is 1. The average molecular weight is 245 g/mol. The summed E-state index contributed by atoms with van der Waals surface area (Å²) < 4.78 is 5.41. The standard InChI is InChI=1S/C14H19N3O/c1-10(2)12-7-11(17-3-5-18-6-4-17)8-14-13(12)9-15-16-14/h7-10H,3-6H2,1-2H3,(H,15,16). The zero-order valence-electron chi connectivity index (χ0n) is 10.9. The van der Waals surface area contributed by atoms with Crippen molar-refractivity contribution in [3.05, 3.63) is 23.9 Å². The molecule has 0 saturated carbocycles. The van der Waals surface area contributed by atoms with Crippen molar-refractivity contribution in [2.24, 2.45) is 0 Å². The number of aromatic amines is 1. The molecule has 4 heteroatoms. The van der Waals surface area contributed by atoms with Crippen LogP contribution in [0.15, 0.2) is 18.3 Å². The Kier molecular flexibility index (Phi) is 2.96. The molecule has 2 aromatic rings. The van der Waals surface area contributed by atoms with Gasteiger partial charge in [-0.2, -0.15) is 5.10 Å². The molecule has 2 heterocycles. The lowest BCUT2D eigenvalue weighted by Gasteiger charge is -2.29. The second-order valence-electron chi connectivity index (χ2n) is 5.12. The molecule has 3 rings (SSSR count). The maximum Gasteiger partial charge on any atom is 0.0673 e. The minimum atomic E-state index is 0.506. The highest BCUT2D eigenvalue weighted by Crippen LogP contribution is 2.30. The van der Waals surface area contributed by atoms with Gasteiger partial charge >= 0.3 is 0 Å². The van der Waals surface area contributed by atoms with E-state index in [9.17, 15) is 0 Å². The highest BCUT2D eigenvalue weighted by atomic mass is 16.5. The van der Waals surface area contributed by atoms with Crippen LogP contribution in [0.3, 0.4) is 0 Å². The van der Waals surface area contributed by atoms with Crippen LogP contribution in [0.5, 0.6) is 0 Å². The Morgan fingerprint density at radius 3 is 2.78 bits per heavy atom. The van der Waals surface area contributed by atoms with Gasteiger partial charge in [0.1, 0.15) is 0 Å². The van der Waals surface area contributed by atoms with Gasteiger partial charge in [-0.1, -0.05) is 13.8 Å². The second-order valence-corrected chi connectivity index (χ2v) is 5.12. The number of morpholine rings is 1. The van der Waals surface area contributed by atoms with E-state index in [4.69, 9.17) is 4.74 Å². The summed E-state index contributed by atoms with van der Waals surface area (Å²) in [5.74, 6) is 0.506. The summed E-state index contributed by atoms with van der Waals surface area (Å²) >= 11 is 0. The summed E-state index contributed by atoms with van der Waals surface area (Å²) in [6.45, 7) is 8.03. The molecule has 1 saturated heterocycles. The highest BCUT2D eigenvalue weighted by molar-refractivity contribution is 5.86. The van der Waals surface area contributed by atoms with Gasteiger partial charge in [0.05, 0.1) is 24.9 Å². The number of H-pyrrole nitrogens is 1. The Morgan fingerprint density at radius 2 is 2.06 bits per heavy atom. The summed E-state index contributed by atoms with van der Waals surface area (Å²) in [4.78, 5) is 2.38. The first-order valence-corrected chi connectivity index (χ1v) is 6.55. The summed E-state index contributed by atoms with van der Waals surface area (Å²) in [7, 11) is 0. The molecule has 1 N–H and O–H groups in total. The van der Waals surface area contributed by atoms with E-state index < -0.39 is 0 Å². The molecule has 0 aliphatic carbocycles. The van der Waals surface area contributed by atoms with Crippen molar-refractivity contribution in [3.8, 4) is 0 Å². The normalized spacial score (nSPS) is 16.7. The van der Waals surface area contributed by atoms with Crippen molar-refractivity contribution in [1.29, 1.82) is 0 Å². The summed E-state index contributed by atoms with van der Waals surface area (Å²) in [6.07, 6.45) is 1.92. The predicted octanol–water partition coefficient (Wildman–Crippen LogP) is 2.52. The number of benzene rings is 1. The zero-order chi connectivity index (χ0) is 12.5. The Hall–Kier alpha value is -1.55. The van der Waals surface area contributed by atoms with Crippen molar-refractivity contribution < 1.29 is 4.74 Å². The number of hydrogen-bond acceptors (Lipinski definition) is 3. The largest absolute Gasteiger partial charge is 0.378 e. The molecule has 0 bridgehead atoms. The number of nitrogens with zero attached hydrogens (tertiary/aromatic N) is 2. The van der Waals surface area contributed by atoms with Crippen molar-refractivity contribution in [2.75, 3.05) is 31.2 Å². The minimum Gasteiger partial charge on any atom is -0.378 e. The van der Waals surface area contributed by atoms with Gasteiger partial charge in [0.2, 0.25) is 0 Å². The van der Waals surface area contributed by atoms with E-state index in [1.165, 1.54) is 16.6 Å². The van der Waals surface area contributed by atoms with E-state index in [0.29, 0.717) is 5.92 Å². The van der Waals surface area contributed by atoms with Crippen molar-refractivity contribution >= 4 is 16.6 Å². The van der Waals surface area contributed by atoms with E-state index in [2.05, 4.69) is 41.1 Å². The molecule has 0 radical (unpaired) electrons. The van der Waals surface area contributed by atoms with Gasteiger partial charge in [-0.3, -0.25) is 5.10 Å². The van der Waals surface area contributed by atoms with Crippen LogP contribution in [0.4, 0.5) is 5.69 Å². The van der Waals surface area contributed by atoms with Gasteiger partial charge in [-0.15, -0.1) is 0 Å². The van der Waals surface area contributed by atoms with Crippen molar-refractivity contribution in [2.45, 2.75) is 19.8 Å². The monoisotopic (exact) mass is 245 g/mol. The Balaban J connectivity index is 2.06. The Bertz CT molecular complexity index is 541. The van der Waals surface area contributed by atoms with Gasteiger partial charge in [-0.25, -0.2) is 0 Å². The highest BCUT2D eigenvalue weighted by Gasteiger charge is 2.15. The fourth-order valence-corrected chi connectivity index (χ4v) is 2.54. The smallest absolute Gasteiger partial charge is 0.0673 e. The third kappa shape index (κ3) is 1.97. The molecule has 96 valence electrons. The molecule has 1 aliphatic rings. The van der Waals surface area contributed by atoms with Crippen LogP contribution in [0.1, 0.15) is 25.3 Å². The van der Waals surface area contributed by atoms with Gasteiger partial charge in [0.25, 0.3) is 0 Å². The third-order valence-electron chi connectivity index (χ3n) is 3.57. The molecule has 0 unspecified atom stereocenters. The number of aromatic nitrogens is 2. The average Bonchev–Trinajstić information content (AvgIpc) is 2.86. The molecular weight excluding hydrogens is 226 g/mol. The molecule has 0 spiro atoms. The molecule has 1 aliphatic heterocycles. The fourth-order valence-electron chi connectivity index (χ4n) is 2.54. The number of hydrogen-bond donors (Lipinski definition) is 1. The predicted molar refractivity (Wildman–Crippen MR) is 73.2 cm³/mol. The van der Waals surface area contributed by atoms with E-state index in [1.807, 2.05) is 6.20 Å². The lowest BCUT2D eigenvalue weighted by molar-refractivity contribution is 0.122. The molecule has 0 amide bonds. The molecule has 1 aromatic heterocycles. The van der Waals surface area contributed by atoms with Gasteiger partial charge in [0.15, 0.2) is 0 Å². The summed E-state index contributed by atoms with van der Waals surface area (Å²) in [5.41, 5.74) is 3.77. The number of fused-ring (bicyclic) bond motifs is 1. The van der Waals surface area contributed by atoms with E-state index >= 15 is 0 Å². The van der Waals surface area contributed by atoms with Crippen LogP contribution in [-0.2, 0) is 4.74 Å². The fraction of sp³-hybridized carbons (Fsp3) is 0.500. The van der Waals surface area contributed by atoms with Crippen LogP contribution in [0, 0.1) is 0 Å². The SMILES string of the molecule is CC(C)c1cc(N2CCOCC2)cc2[nH]ncc12. The Labute approximate surface area is 107 Å². The topological polar surface area (TPSA) is 41.1 Å². The number of ether oxygens (including phenoxy) is 1. The molecule has 4 nitrogen and oxygen atoms in total. The maximum atomic E-state index is 5.41. The lowest BCUT2D eigenvalue weighted by Crippen LogP contribution is -2.36. The van der Waals surface area contributed by atoms with E-state index in [-0.39, 0.29) is 0 Å². The number of nitrogens with one attached hydrogen (secondary N) is 1. The molecular formula is C14H19N3O. The van der Waals surface area contributed by atoms with Crippen LogP contribution in [-0.4, -0.2) is 36.5 Å². The van der Waals surface area contributed by atoms with E-state index in [1.54, 1.807) is 0 Å². The quantitative estimate of drug-likeness (QED) is 0.884. The lowest BCUT2D eigenvalue weighted by atomic mass is 9.98. The molecule has 18 heavy (non-hydrogen) atoms. The van der Waals surface area contributed by atoms with Crippen LogP contribution < -0.4 is 4.90 Å². The van der Waals surface area contributed by atoms with Crippen LogP contribution >= 0.6 is 0 Å². The number of rotatable bonds is 2. The van der Waals surface area contributed by atoms with Gasteiger partial charge < -0.3 is 9.64 Å². The summed E-state index contributed by atoms with van der Waals surface area (Å²) in [6, 6.07) is 4.49. The summed E-state index contributed by atoms with van der Waals surface area (Å²) in [5, 5.41) is 8.49. The van der Waals surface area contributed by atoms with Gasteiger partial charge in [-0.05, 0) is 23.6 Å². The van der Waals surface area contributed by atoms with E-state index in [0.717, 1.165) is 31.8 Å². The van der Waals surface area contributed by atoms with Crippen molar-refractivity contribution in [1.82, 2.24) is 10.2 Å². The third-order valence-corrected chi connectivity index (χ3v) is 3.57. The second kappa shape index (κ2) is 4.61. The van der Waals surface area contributed by atoms with Crippen LogP contribution in [0.2, 0.25) is 0 Å². The van der Waals surface area contributed by atoms with Crippen LogP contribution in [0.25, 0.3) is 10.9 Å². The minimum absolute atomic E-state index is 0.506. The molecule has 1 aromatic carbocycles.